The number of hydrogen-bond acceptors (Lipinski definition) is 4. The largest absolute Gasteiger partial charge is 0.490 e. The summed E-state index contributed by atoms with van der Waals surface area (Å²) in [6.45, 7) is 5.20. The third kappa shape index (κ3) is 2.64. The molecule has 0 spiro atoms. The summed E-state index contributed by atoms with van der Waals surface area (Å²) in [6.07, 6.45) is 2.38. The van der Waals surface area contributed by atoms with Gasteiger partial charge in [-0.15, -0.1) is 0 Å². The minimum atomic E-state index is 0.419. The molecule has 2 aromatic rings. The van der Waals surface area contributed by atoms with Crippen molar-refractivity contribution >= 4 is 22.5 Å². The lowest BCUT2D eigenvalue weighted by Gasteiger charge is -2.12. The first-order valence-electron chi connectivity index (χ1n) is 5.96. The Labute approximate surface area is 111 Å². The van der Waals surface area contributed by atoms with E-state index in [1.165, 1.54) is 6.33 Å². The van der Waals surface area contributed by atoms with Crippen LogP contribution in [0.4, 0.5) is 0 Å². The van der Waals surface area contributed by atoms with Crippen LogP contribution < -0.4 is 9.47 Å². The van der Waals surface area contributed by atoms with Gasteiger partial charge in [-0.05, 0) is 19.4 Å². The number of benzene rings is 1. The summed E-state index contributed by atoms with van der Waals surface area (Å²) >= 11 is 6.04. The summed E-state index contributed by atoms with van der Waals surface area (Å²) in [4.78, 5) is 8.14. The van der Waals surface area contributed by atoms with Crippen molar-refractivity contribution in [1.82, 2.24) is 9.97 Å². The van der Waals surface area contributed by atoms with E-state index in [0.717, 1.165) is 17.3 Å². The van der Waals surface area contributed by atoms with Gasteiger partial charge in [-0.25, -0.2) is 9.97 Å². The van der Waals surface area contributed by atoms with E-state index in [1.54, 1.807) is 0 Å². The lowest BCUT2D eigenvalue weighted by molar-refractivity contribution is 0.277. The van der Waals surface area contributed by atoms with Gasteiger partial charge < -0.3 is 9.47 Å². The smallest absolute Gasteiger partial charge is 0.163 e. The molecule has 0 atom stereocenters. The second kappa shape index (κ2) is 5.87. The molecule has 0 fully saturated rings. The number of ether oxygens (including phenoxy) is 2. The van der Waals surface area contributed by atoms with Crippen LogP contribution in [0.15, 0.2) is 18.5 Å². The lowest BCUT2D eigenvalue weighted by Crippen LogP contribution is -2.00. The number of nitrogens with zero attached hydrogens (tertiary/aromatic N) is 2. The Balaban J connectivity index is 2.50. The molecule has 0 amide bonds. The van der Waals surface area contributed by atoms with Crippen LogP contribution in [-0.2, 0) is 0 Å². The van der Waals surface area contributed by atoms with Crippen LogP contribution in [0.5, 0.6) is 11.5 Å². The van der Waals surface area contributed by atoms with Crippen LogP contribution in [0, 0.1) is 0 Å². The van der Waals surface area contributed by atoms with E-state index in [-0.39, 0.29) is 0 Å². The Morgan fingerprint density at radius 2 is 1.89 bits per heavy atom. The molecular formula is C13H15ClN2O2. The Hall–Kier alpha value is -1.55. The van der Waals surface area contributed by atoms with Crippen LogP contribution in [0.2, 0.25) is 5.15 Å². The zero-order valence-electron chi connectivity index (χ0n) is 10.4. The van der Waals surface area contributed by atoms with Gasteiger partial charge in [0.2, 0.25) is 0 Å². The van der Waals surface area contributed by atoms with E-state index in [2.05, 4.69) is 16.9 Å². The number of rotatable bonds is 5. The Morgan fingerprint density at radius 1 is 1.11 bits per heavy atom. The van der Waals surface area contributed by atoms with Gasteiger partial charge in [0.1, 0.15) is 11.5 Å². The van der Waals surface area contributed by atoms with Gasteiger partial charge >= 0.3 is 0 Å². The normalized spacial score (nSPS) is 10.6. The van der Waals surface area contributed by atoms with Crippen molar-refractivity contribution in [2.45, 2.75) is 20.3 Å². The number of hydrogen-bond donors (Lipinski definition) is 0. The summed E-state index contributed by atoms with van der Waals surface area (Å²) in [7, 11) is 0. The SMILES string of the molecule is CCCOc1cc2ncnc(Cl)c2cc1OCC. The summed E-state index contributed by atoms with van der Waals surface area (Å²) in [5.74, 6) is 1.37. The van der Waals surface area contributed by atoms with E-state index in [0.29, 0.717) is 29.9 Å². The van der Waals surface area contributed by atoms with Crippen molar-refractivity contribution in [2.75, 3.05) is 13.2 Å². The Morgan fingerprint density at radius 3 is 2.61 bits per heavy atom. The minimum absolute atomic E-state index is 0.419. The molecule has 0 N–H and O–H groups in total. The minimum Gasteiger partial charge on any atom is -0.490 e. The van der Waals surface area contributed by atoms with Gasteiger partial charge in [-0.3, -0.25) is 0 Å². The van der Waals surface area contributed by atoms with E-state index < -0.39 is 0 Å². The molecule has 1 aromatic heterocycles. The van der Waals surface area contributed by atoms with Gasteiger partial charge in [0.25, 0.3) is 0 Å². The van der Waals surface area contributed by atoms with Gasteiger partial charge in [-0.1, -0.05) is 18.5 Å². The topological polar surface area (TPSA) is 44.2 Å². The number of fused-ring (bicyclic) bond motifs is 1. The number of halogens is 1. The Bertz CT molecular complexity index is 546. The Kier molecular flexibility index (Phi) is 4.20. The summed E-state index contributed by atoms with van der Waals surface area (Å²) < 4.78 is 11.2. The van der Waals surface area contributed by atoms with Crippen molar-refractivity contribution < 1.29 is 9.47 Å². The van der Waals surface area contributed by atoms with Crippen LogP contribution in [0.25, 0.3) is 10.9 Å². The molecule has 0 aliphatic heterocycles. The highest BCUT2D eigenvalue weighted by Crippen LogP contribution is 2.34. The molecule has 0 aliphatic rings. The van der Waals surface area contributed by atoms with Crippen LogP contribution in [0.3, 0.4) is 0 Å². The van der Waals surface area contributed by atoms with Crippen LogP contribution in [-0.4, -0.2) is 23.2 Å². The third-order valence-electron chi connectivity index (χ3n) is 2.41. The maximum absolute atomic E-state index is 6.04. The van der Waals surface area contributed by atoms with Gasteiger partial charge in [0, 0.05) is 11.5 Å². The standard InChI is InChI=1S/C13H15ClN2O2/c1-3-5-18-12-7-10-9(6-11(12)17-4-2)13(14)16-8-15-10/h6-8H,3-5H2,1-2H3. The fourth-order valence-corrected chi connectivity index (χ4v) is 1.82. The summed E-state index contributed by atoms with van der Waals surface area (Å²) in [6, 6.07) is 3.66. The molecule has 5 heteroatoms. The summed E-state index contributed by atoms with van der Waals surface area (Å²) in [5, 5.41) is 1.19. The average molecular weight is 267 g/mol. The molecule has 1 aromatic carbocycles. The van der Waals surface area contributed by atoms with Gasteiger partial charge in [0.15, 0.2) is 11.5 Å². The van der Waals surface area contributed by atoms with Crippen molar-refractivity contribution in [1.29, 1.82) is 0 Å². The van der Waals surface area contributed by atoms with Gasteiger partial charge in [-0.2, -0.15) is 0 Å². The lowest BCUT2D eigenvalue weighted by atomic mass is 10.2. The van der Waals surface area contributed by atoms with Gasteiger partial charge in [0.05, 0.1) is 18.7 Å². The zero-order chi connectivity index (χ0) is 13.0. The molecule has 18 heavy (non-hydrogen) atoms. The molecule has 1 heterocycles. The first kappa shape index (κ1) is 12.9. The fraction of sp³-hybridized carbons (Fsp3) is 0.385. The van der Waals surface area contributed by atoms with Crippen LogP contribution in [0.1, 0.15) is 20.3 Å². The van der Waals surface area contributed by atoms with Crippen molar-refractivity contribution in [3.8, 4) is 11.5 Å². The molecule has 96 valence electrons. The van der Waals surface area contributed by atoms with Crippen molar-refractivity contribution in [3.05, 3.63) is 23.6 Å². The maximum Gasteiger partial charge on any atom is 0.163 e. The van der Waals surface area contributed by atoms with E-state index >= 15 is 0 Å². The molecule has 4 nitrogen and oxygen atoms in total. The first-order valence-corrected chi connectivity index (χ1v) is 6.34. The highest BCUT2D eigenvalue weighted by Gasteiger charge is 2.10. The molecule has 0 unspecified atom stereocenters. The zero-order valence-corrected chi connectivity index (χ0v) is 11.2. The maximum atomic E-state index is 6.04. The quantitative estimate of drug-likeness (QED) is 0.778. The molecule has 0 aliphatic carbocycles. The monoisotopic (exact) mass is 266 g/mol. The van der Waals surface area contributed by atoms with E-state index in [1.807, 2.05) is 19.1 Å². The highest BCUT2D eigenvalue weighted by atomic mass is 35.5. The first-order chi connectivity index (χ1) is 8.76. The molecule has 0 radical (unpaired) electrons. The van der Waals surface area contributed by atoms with Crippen LogP contribution >= 0.6 is 11.6 Å². The molecular weight excluding hydrogens is 252 g/mol. The second-order valence-corrected chi connectivity index (χ2v) is 4.12. The third-order valence-corrected chi connectivity index (χ3v) is 2.71. The predicted octanol–water partition coefficient (Wildman–Crippen LogP) is 3.47. The fourth-order valence-electron chi connectivity index (χ4n) is 1.63. The predicted molar refractivity (Wildman–Crippen MR) is 71.5 cm³/mol. The van der Waals surface area contributed by atoms with E-state index in [4.69, 9.17) is 21.1 Å². The second-order valence-electron chi connectivity index (χ2n) is 3.76. The number of aromatic nitrogens is 2. The molecule has 0 saturated heterocycles. The van der Waals surface area contributed by atoms with Crippen molar-refractivity contribution in [2.24, 2.45) is 0 Å². The molecule has 0 bridgehead atoms. The summed E-state index contributed by atoms with van der Waals surface area (Å²) in [5.41, 5.74) is 0.754. The van der Waals surface area contributed by atoms with Crippen molar-refractivity contribution in [3.63, 3.8) is 0 Å². The molecule has 2 rings (SSSR count). The van der Waals surface area contributed by atoms with E-state index in [9.17, 15) is 0 Å². The average Bonchev–Trinajstić information content (AvgIpc) is 2.38. The highest BCUT2D eigenvalue weighted by molar-refractivity contribution is 6.34. The molecule has 0 saturated carbocycles.